The Kier molecular flexibility index (Phi) is 3.31. The molecule has 2 aromatic rings. The SMILES string of the molecule is CCOc1nc(=S)c(-c2ccccc2)co1. The molecule has 1 aromatic heterocycles. The first kappa shape index (κ1) is 10.8. The van der Waals surface area contributed by atoms with E-state index in [2.05, 4.69) is 4.98 Å². The molecular weight excluding hydrogens is 222 g/mol. The van der Waals surface area contributed by atoms with E-state index in [1.807, 2.05) is 37.3 Å². The molecule has 0 aliphatic carbocycles. The Morgan fingerprint density at radius 2 is 2.06 bits per heavy atom. The number of ether oxygens (including phenoxy) is 1. The van der Waals surface area contributed by atoms with Crippen molar-refractivity contribution in [1.29, 1.82) is 0 Å². The maximum absolute atomic E-state index is 5.23. The molecule has 0 saturated carbocycles. The first-order valence-corrected chi connectivity index (χ1v) is 5.40. The summed E-state index contributed by atoms with van der Waals surface area (Å²) in [5, 5.41) is 0. The highest BCUT2D eigenvalue weighted by Crippen LogP contribution is 2.21. The minimum atomic E-state index is 0.215. The number of aromatic nitrogens is 1. The van der Waals surface area contributed by atoms with E-state index in [-0.39, 0.29) is 6.08 Å². The molecular formula is C12H11NO2S. The second-order valence-electron chi connectivity index (χ2n) is 3.13. The molecule has 0 aliphatic rings. The minimum absolute atomic E-state index is 0.215. The van der Waals surface area contributed by atoms with Gasteiger partial charge in [0.1, 0.15) is 10.9 Å². The third kappa shape index (κ3) is 2.28. The van der Waals surface area contributed by atoms with Crippen molar-refractivity contribution in [3.8, 4) is 17.2 Å². The molecule has 0 saturated heterocycles. The van der Waals surface area contributed by atoms with Gasteiger partial charge in [0, 0.05) is 0 Å². The first-order chi connectivity index (χ1) is 7.81. The number of hydrogen-bond acceptors (Lipinski definition) is 4. The summed E-state index contributed by atoms with van der Waals surface area (Å²) >= 11 is 5.18. The van der Waals surface area contributed by atoms with Gasteiger partial charge in [-0.3, -0.25) is 0 Å². The van der Waals surface area contributed by atoms with Gasteiger partial charge in [-0.15, -0.1) is 0 Å². The summed E-state index contributed by atoms with van der Waals surface area (Å²) in [7, 11) is 0. The molecule has 0 atom stereocenters. The van der Waals surface area contributed by atoms with Crippen LogP contribution in [0.15, 0.2) is 41.0 Å². The predicted octanol–water partition coefficient (Wildman–Crippen LogP) is 3.47. The zero-order valence-electron chi connectivity index (χ0n) is 8.84. The fourth-order valence-corrected chi connectivity index (χ4v) is 1.57. The lowest BCUT2D eigenvalue weighted by Gasteiger charge is -2.02. The third-order valence-corrected chi connectivity index (χ3v) is 2.36. The lowest BCUT2D eigenvalue weighted by atomic mass is 10.1. The van der Waals surface area contributed by atoms with Gasteiger partial charge in [0.25, 0.3) is 0 Å². The van der Waals surface area contributed by atoms with E-state index in [0.717, 1.165) is 11.1 Å². The van der Waals surface area contributed by atoms with Crippen LogP contribution in [-0.2, 0) is 0 Å². The van der Waals surface area contributed by atoms with Crippen molar-refractivity contribution in [1.82, 2.24) is 4.98 Å². The minimum Gasteiger partial charge on any atom is -0.450 e. The fraction of sp³-hybridized carbons (Fsp3) is 0.167. The average Bonchev–Trinajstić information content (AvgIpc) is 2.31. The maximum Gasteiger partial charge on any atom is 0.394 e. The molecule has 4 heteroatoms. The van der Waals surface area contributed by atoms with Crippen LogP contribution in [0.4, 0.5) is 0 Å². The van der Waals surface area contributed by atoms with Crippen molar-refractivity contribution in [2.75, 3.05) is 6.61 Å². The number of hydrogen-bond donors (Lipinski definition) is 0. The molecule has 0 fully saturated rings. The zero-order chi connectivity index (χ0) is 11.4. The van der Waals surface area contributed by atoms with Gasteiger partial charge in [-0.25, -0.2) is 0 Å². The van der Waals surface area contributed by atoms with Crippen molar-refractivity contribution in [2.45, 2.75) is 6.92 Å². The Bertz CT molecular complexity index is 522. The zero-order valence-corrected chi connectivity index (χ0v) is 9.66. The van der Waals surface area contributed by atoms with Crippen LogP contribution in [0.2, 0.25) is 0 Å². The maximum atomic E-state index is 5.23. The van der Waals surface area contributed by atoms with Crippen LogP contribution in [0, 0.1) is 4.64 Å². The van der Waals surface area contributed by atoms with Crippen LogP contribution in [0.25, 0.3) is 11.1 Å². The summed E-state index contributed by atoms with van der Waals surface area (Å²) < 4.78 is 10.9. The lowest BCUT2D eigenvalue weighted by molar-refractivity contribution is 0.234. The van der Waals surface area contributed by atoms with E-state index in [4.69, 9.17) is 21.4 Å². The fourth-order valence-electron chi connectivity index (χ4n) is 1.33. The van der Waals surface area contributed by atoms with E-state index < -0.39 is 0 Å². The normalized spacial score (nSPS) is 10.1. The van der Waals surface area contributed by atoms with Gasteiger partial charge in [0.15, 0.2) is 0 Å². The largest absolute Gasteiger partial charge is 0.450 e. The Morgan fingerprint density at radius 3 is 2.69 bits per heavy atom. The smallest absolute Gasteiger partial charge is 0.394 e. The second kappa shape index (κ2) is 4.90. The van der Waals surface area contributed by atoms with Crippen LogP contribution in [0.5, 0.6) is 6.08 Å². The highest BCUT2D eigenvalue weighted by Gasteiger charge is 2.04. The summed E-state index contributed by atoms with van der Waals surface area (Å²) in [5.74, 6) is 0. The monoisotopic (exact) mass is 233 g/mol. The summed E-state index contributed by atoms with van der Waals surface area (Å²) in [6, 6.07) is 9.76. The average molecular weight is 233 g/mol. The highest BCUT2D eigenvalue weighted by molar-refractivity contribution is 7.71. The van der Waals surface area contributed by atoms with Crippen molar-refractivity contribution in [2.24, 2.45) is 0 Å². The van der Waals surface area contributed by atoms with Crippen LogP contribution in [0.3, 0.4) is 0 Å². The van der Waals surface area contributed by atoms with Gasteiger partial charge in [0.05, 0.1) is 12.2 Å². The topological polar surface area (TPSA) is 35.3 Å². The van der Waals surface area contributed by atoms with Gasteiger partial charge >= 0.3 is 6.08 Å². The van der Waals surface area contributed by atoms with Crippen LogP contribution in [0.1, 0.15) is 6.92 Å². The van der Waals surface area contributed by atoms with E-state index in [1.54, 1.807) is 6.26 Å². The predicted molar refractivity (Wildman–Crippen MR) is 63.9 cm³/mol. The number of rotatable bonds is 3. The van der Waals surface area contributed by atoms with Gasteiger partial charge in [0.2, 0.25) is 0 Å². The lowest BCUT2D eigenvalue weighted by Crippen LogP contribution is -1.94. The van der Waals surface area contributed by atoms with E-state index in [0.29, 0.717) is 11.2 Å². The Morgan fingerprint density at radius 1 is 1.31 bits per heavy atom. The molecule has 82 valence electrons. The molecule has 0 amide bonds. The van der Waals surface area contributed by atoms with Gasteiger partial charge in [-0.1, -0.05) is 42.5 Å². The summed E-state index contributed by atoms with van der Waals surface area (Å²) in [6.45, 7) is 2.38. The molecule has 3 nitrogen and oxygen atoms in total. The highest BCUT2D eigenvalue weighted by atomic mass is 32.1. The van der Waals surface area contributed by atoms with E-state index in [9.17, 15) is 0 Å². The van der Waals surface area contributed by atoms with Crippen molar-refractivity contribution in [3.05, 3.63) is 41.2 Å². The Hall–Kier alpha value is -1.68. The third-order valence-electron chi connectivity index (χ3n) is 2.05. The summed E-state index contributed by atoms with van der Waals surface area (Å²) in [4.78, 5) is 4.07. The molecule has 2 rings (SSSR count). The Balaban J connectivity index is 2.41. The Labute approximate surface area is 98.7 Å². The van der Waals surface area contributed by atoms with Crippen LogP contribution < -0.4 is 4.74 Å². The first-order valence-electron chi connectivity index (χ1n) is 4.99. The molecule has 0 aliphatic heterocycles. The van der Waals surface area contributed by atoms with E-state index in [1.165, 1.54) is 0 Å². The van der Waals surface area contributed by atoms with Gasteiger partial charge < -0.3 is 9.15 Å². The molecule has 1 heterocycles. The van der Waals surface area contributed by atoms with Gasteiger partial charge in [-0.05, 0) is 12.5 Å². The molecule has 0 spiro atoms. The molecule has 16 heavy (non-hydrogen) atoms. The van der Waals surface area contributed by atoms with E-state index >= 15 is 0 Å². The number of nitrogens with zero attached hydrogens (tertiary/aromatic N) is 1. The second-order valence-corrected chi connectivity index (χ2v) is 3.52. The van der Waals surface area contributed by atoms with Crippen molar-refractivity contribution >= 4 is 12.2 Å². The molecule has 0 unspecified atom stereocenters. The standard InChI is InChI=1S/C12H11NO2S/c1-2-14-12-13-11(16)10(8-15-12)9-6-4-3-5-7-9/h3-8H,2H2,1H3. The molecule has 0 N–H and O–H groups in total. The van der Waals surface area contributed by atoms with Crippen LogP contribution >= 0.6 is 12.2 Å². The van der Waals surface area contributed by atoms with Crippen LogP contribution in [-0.4, -0.2) is 11.6 Å². The summed E-state index contributed by atoms with van der Waals surface area (Å²) in [6.07, 6.45) is 1.79. The van der Waals surface area contributed by atoms with Crippen molar-refractivity contribution < 1.29 is 9.15 Å². The van der Waals surface area contributed by atoms with Crippen molar-refractivity contribution in [3.63, 3.8) is 0 Å². The molecule has 0 bridgehead atoms. The summed E-state index contributed by atoms with van der Waals surface area (Å²) in [5.41, 5.74) is 1.80. The quantitative estimate of drug-likeness (QED) is 0.760. The molecule has 1 aromatic carbocycles. The molecule has 0 radical (unpaired) electrons. The van der Waals surface area contributed by atoms with Gasteiger partial charge in [-0.2, -0.15) is 4.98 Å². The number of benzene rings is 1.